The molecule has 0 aliphatic heterocycles. The average molecular weight is 491 g/mol. The second-order valence-electron chi connectivity index (χ2n) is 7.67. The Morgan fingerprint density at radius 2 is 1.15 bits per heavy atom. The molecule has 3 amide bonds. The number of ether oxygens (including phenoxy) is 3. The van der Waals surface area contributed by atoms with Crippen LogP contribution in [0.2, 0.25) is 0 Å². The number of aliphatic carboxylic acids is 1. The Bertz CT molecular complexity index is 577. The van der Waals surface area contributed by atoms with E-state index in [2.05, 4.69) is 16.0 Å². The van der Waals surface area contributed by atoms with Crippen molar-refractivity contribution >= 4 is 23.7 Å². The Kier molecular flexibility index (Phi) is 21.0. The number of carbonyl (C=O) groups excluding carboxylic acids is 3. The van der Waals surface area contributed by atoms with Gasteiger partial charge in [0.05, 0.1) is 26.4 Å². The minimum atomic E-state index is -1.03. The molecule has 198 valence electrons. The fraction of sp³-hybridized carbons (Fsp3) is 0.818. The van der Waals surface area contributed by atoms with Crippen LogP contribution in [0.25, 0.3) is 0 Å². The van der Waals surface area contributed by atoms with Crippen molar-refractivity contribution < 1.29 is 38.5 Å². The van der Waals surface area contributed by atoms with E-state index < -0.39 is 12.0 Å². The molecule has 6 N–H and O–H groups in total. The molecule has 34 heavy (non-hydrogen) atoms. The fourth-order valence-electron chi connectivity index (χ4n) is 2.63. The molecule has 0 saturated carbocycles. The minimum Gasteiger partial charge on any atom is -0.480 e. The predicted octanol–water partition coefficient (Wildman–Crippen LogP) is -0.453. The molecule has 0 saturated heterocycles. The molecule has 0 aromatic heterocycles. The van der Waals surface area contributed by atoms with E-state index in [1.54, 1.807) is 0 Å². The van der Waals surface area contributed by atoms with Crippen LogP contribution in [0.1, 0.15) is 51.9 Å². The van der Waals surface area contributed by atoms with Gasteiger partial charge in [-0.3, -0.25) is 19.2 Å². The lowest BCUT2D eigenvalue weighted by Gasteiger charge is -2.08. The van der Waals surface area contributed by atoms with Gasteiger partial charge in [-0.2, -0.15) is 0 Å². The number of rotatable bonds is 23. The zero-order chi connectivity index (χ0) is 25.4. The number of carboxylic acids is 1. The highest BCUT2D eigenvalue weighted by Crippen LogP contribution is 1.99. The van der Waals surface area contributed by atoms with E-state index in [0.717, 1.165) is 6.42 Å². The van der Waals surface area contributed by atoms with Gasteiger partial charge in [0, 0.05) is 52.6 Å². The number of carboxylic acid groups (broad SMARTS) is 1. The second-order valence-corrected chi connectivity index (χ2v) is 7.67. The van der Waals surface area contributed by atoms with Crippen LogP contribution in [-0.2, 0) is 33.4 Å². The molecule has 0 heterocycles. The predicted molar refractivity (Wildman–Crippen MR) is 125 cm³/mol. The van der Waals surface area contributed by atoms with Gasteiger partial charge in [0.2, 0.25) is 17.7 Å². The van der Waals surface area contributed by atoms with Gasteiger partial charge in [-0.05, 0) is 32.1 Å². The number of hydrogen-bond donors (Lipinski definition) is 5. The number of carbonyl (C=O) groups is 4. The molecular formula is C22H42N4O8. The first-order chi connectivity index (χ1) is 16.3. The fourth-order valence-corrected chi connectivity index (χ4v) is 2.63. The summed E-state index contributed by atoms with van der Waals surface area (Å²) >= 11 is 0. The van der Waals surface area contributed by atoms with Crippen molar-refractivity contribution in [3.8, 4) is 0 Å². The van der Waals surface area contributed by atoms with Crippen LogP contribution in [-0.4, -0.2) is 94.1 Å². The maximum absolute atomic E-state index is 11.8. The third-order valence-electron chi connectivity index (χ3n) is 4.53. The van der Waals surface area contributed by atoms with Crippen molar-refractivity contribution in [2.45, 2.75) is 57.9 Å². The second kappa shape index (κ2) is 22.5. The van der Waals surface area contributed by atoms with Gasteiger partial charge in [-0.1, -0.05) is 0 Å². The van der Waals surface area contributed by atoms with E-state index >= 15 is 0 Å². The summed E-state index contributed by atoms with van der Waals surface area (Å²) in [6, 6.07) is -0.873. The summed E-state index contributed by atoms with van der Waals surface area (Å²) in [6.07, 6.45) is 3.25. The van der Waals surface area contributed by atoms with Gasteiger partial charge < -0.3 is 41.0 Å². The van der Waals surface area contributed by atoms with Gasteiger partial charge >= 0.3 is 5.97 Å². The molecule has 0 rings (SSSR count). The maximum Gasteiger partial charge on any atom is 0.320 e. The standard InChI is InChI=1S/C22H42N4O8/c1-18(27)24-10-4-12-32-14-16-34-17-15-33-13-5-11-26-21(29)8-7-20(28)25-9-3-2-6-19(23)22(30)31/h19H,2-17,23H2,1H3,(H,24,27)(H,25,28)(H,26,29)(H,30,31)/t19-/m0/s1. The lowest BCUT2D eigenvalue weighted by Crippen LogP contribution is -2.31. The third-order valence-corrected chi connectivity index (χ3v) is 4.53. The molecule has 12 heteroatoms. The van der Waals surface area contributed by atoms with Crippen LogP contribution in [0.15, 0.2) is 0 Å². The lowest BCUT2D eigenvalue weighted by molar-refractivity contribution is -0.138. The molecule has 0 aliphatic carbocycles. The van der Waals surface area contributed by atoms with Gasteiger partial charge in [-0.15, -0.1) is 0 Å². The highest BCUT2D eigenvalue weighted by atomic mass is 16.5. The normalized spacial score (nSPS) is 11.6. The first-order valence-corrected chi connectivity index (χ1v) is 11.8. The van der Waals surface area contributed by atoms with Crippen LogP contribution >= 0.6 is 0 Å². The van der Waals surface area contributed by atoms with E-state index in [1.807, 2.05) is 0 Å². The number of unbranched alkanes of at least 4 members (excludes halogenated alkanes) is 1. The molecule has 0 aliphatic rings. The minimum absolute atomic E-state index is 0.0439. The topological polar surface area (TPSA) is 178 Å². The smallest absolute Gasteiger partial charge is 0.320 e. The Labute approximate surface area is 201 Å². The van der Waals surface area contributed by atoms with E-state index in [9.17, 15) is 19.2 Å². The molecule has 0 spiro atoms. The first kappa shape index (κ1) is 31.7. The zero-order valence-electron chi connectivity index (χ0n) is 20.3. The van der Waals surface area contributed by atoms with Crippen molar-refractivity contribution in [2.24, 2.45) is 5.73 Å². The van der Waals surface area contributed by atoms with Gasteiger partial charge in [0.25, 0.3) is 0 Å². The molecular weight excluding hydrogens is 448 g/mol. The molecule has 12 nitrogen and oxygen atoms in total. The van der Waals surface area contributed by atoms with E-state index in [4.69, 9.17) is 25.1 Å². The van der Waals surface area contributed by atoms with Crippen molar-refractivity contribution in [1.29, 1.82) is 0 Å². The summed E-state index contributed by atoms with van der Waals surface area (Å²) < 4.78 is 16.2. The van der Waals surface area contributed by atoms with E-state index in [0.29, 0.717) is 85.0 Å². The van der Waals surface area contributed by atoms with Gasteiger partial charge in [0.1, 0.15) is 6.04 Å². The molecule has 0 bridgehead atoms. The maximum atomic E-state index is 11.8. The third kappa shape index (κ3) is 22.9. The SMILES string of the molecule is CC(=O)NCCCOCCOCCOCCCNC(=O)CCC(=O)NCCCC[C@H](N)C(=O)O. The number of nitrogens with one attached hydrogen (secondary N) is 3. The quantitative estimate of drug-likeness (QED) is 0.119. The number of nitrogens with two attached hydrogens (primary N) is 1. The van der Waals surface area contributed by atoms with Crippen molar-refractivity contribution in [3.63, 3.8) is 0 Å². The van der Waals surface area contributed by atoms with Gasteiger partial charge in [0.15, 0.2) is 0 Å². The monoisotopic (exact) mass is 490 g/mol. The zero-order valence-corrected chi connectivity index (χ0v) is 20.3. The summed E-state index contributed by atoms with van der Waals surface area (Å²) in [6.45, 7) is 5.94. The van der Waals surface area contributed by atoms with E-state index in [-0.39, 0.29) is 30.6 Å². The van der Waals surface area contributed by atoms with Crippen LogP contribution in [0.5, 0.6) is 0 Å². The van der Waals surface area contributed by atoms with Crippen LogP contribution in [0, 0.1) is 0 Å². The molecule has 0 fully saturated rings. The van der Waals surface area contributed by atoms with Crippen molar-refractivity contribution in [1.82, 2.24) is 16.0 Å². The Hall–Kier alpha value is -2.28. The molecule has 1 atom stereocenters. The molecule has 0 aromatic carbocycles. The highest BCUT2D eigenvalue weighted by molar-refractivity contribution is 5.83. The summed E-state index contributed by atoms with van der Waals surface area (Å²) in [7, 11) is 0. The van der Waals surface area contributed by atoms with Crippen molar-refractivity contribution in [3.05, 3.63) is 0 Å². The van der Waals surface area contributed by atoms with Crippen molar-refractivity contribution in [2.75, 3.05) is 59.3 Å². The number of hydrogen-bond acceptors (Lipinski definition) is 8. The Balaban J connectivity index is 3.35. The summed E-state index contributed by atoms with van der Waals surface area (Å²) in [5, 5.41) is 16.8. The van der Waals surface area contributed by atoms with Gasteiger partial charge in [-0.25, -0.2) is 0 Å². The largest absolute Gasteiger partial charge is 0.480 e. The molecule has 0 unspecified atom stereocenters. The first-order valence-electron chi connectivity index (χ1n) is 11.8. The van der Waals surface area contributed by atoms with Crippen LogP contribution in [0.3, 0.4) is 0 Å². The average Bonchev–Trinajstić information content (AvgIpc) is 2.79. The number of amides is 3. The molecule has 0 aromatic rings. The van der Waals surface area contributed by atoms with E-state index in [1.165, 1.54) is 6.92 Å². The summed E-state index contributed by atoms with van der Waals surface area (Å²) in [5.74, 6) is -1.47. The van der Waals surface area contributed by atoms with Crippen LogP contribution in [0.4, 0.5) is 0 Å². The lowest BCUT2D eigenvalue weighted by atomic mass is 10.1. The van der Waals surface area contributed by atoms with Crippen LogP contribution < -0.4 is 21.7 Å². The summed E-state index contributed by atoms with van der Waals surface area (Å²) in [4.78, 5) is 44.7. The summed E-state index contributed by atoms with van der Waals surface area (Å²) in [5.41, 5.74) is 5.40. The highest BCUT2D eigenvalue weighted by Gasteiger charge is 2.10. The Morgan fingerprint density at radius 1 is 0.706 bits per heavy atom. The molecule has 0 radical (unpaired) electrons. The Morgan fingerprint density at radius 3 is 1.62 bits per heavy atom.